The van der Waals surface area contributed by atoms with Crippen molar-refractivity contribution in [2.45, 2.75) is 13.1 Å². The highest BCUT2D eigenvalue weighted by atomic mass is 16.2. The van der Waals surface area contributed by atoms with Crippen LogP contribution in [0.15, 0.2) is 91.5 Å². The summed E-state index contributed by atoms with van der Waals surface area (Å²) in [6, 6.07) is 22.8. The van der Waals surface area contributed by atoms with Crippen LogP contribution in [0.4, 0.5) is 10.5 Å². The summed E-state index contributed by atoms with van der Waals surface area (Å²) in [5.74, 6) is 2.17. The molecule has 4 rings (SSSR count). The summed E-state index contributed by atoms with van der Waals surface area (Å²) < 4.78 is 2.01. The molecule has 3 aromatic carbocycles. The Morgan fingerprint density at radius 3 is 2.57 bits per heavy atom. The average Bonchev–Trinajstić information content (AvgIpc) is 3.40. The molecule has 7 heteroatoms. The van der Waals surface area contributed by atoms with E-state index < -0.39 is 6.03 Å². The van der Waals surface area contributed by atoms with Gasteiger partial charge in [0, 0.05) is 36.7 Å². The van der Waals surface area contributed by atoms with Gasteiger partial charge < -0.3 is 20.5 Å². The van der Waals surface area contributed by atoms with Gasteiger partial charge in [0.15, 0.2) is 0 Å². The summed E-state index contributed by atoms with van der Waals surface area (Å²) in [5, 5.41) is 8.11. The fourth-order valence-electron chi connectivity index (χ4n) is 3.63. The molecule has 0 bridgehead atoms. The second kappa shape index (κ2) is 11.3. The lowest BCUT2D eigenvalue weighted by molar-refractivity contribution is -0.115. The molecule has 0 radical (unpaired) electrons. The molecular weight excluding hydrogens is 438 g/mol. The molecule has 0 atom stereocenters. The third kappa shape index (κ3) is 6.59. The Labute approximate surface area is 204 Å². The van der Waals surface area contributed by atoms with Crippen LogP contribution < -0.4 is 16.0 Å². The number of benzene rings is 3. The van der Waals surface area contributed by atoms with Gasteiger partial charge in [-0.05, 0) is 40.5 Å². The molecule has 0 spiro atoms. The van der Waals surface area contributed by atoms with Gasteiger partial charge in [-0.2, -0.15) is 0 Å². The number of hydrogen-bond acceptors (Lipinski definition) is 3. The van der Waals surface area contributed by atoms with Crippen molar-refractivity contribution >= 4 is 17.6 Å². The zero-order valence-corrected chi connectivity index (χ0v) is 19.1. The number of aromatic nitrogens is 2. The van der Waals surface area contributed by atoms with Crippen molar-refractivity contribution in [3.8, 4) is 23.5 Å². The molecule has 0 saturated carbocycles. The van der Waals surface area contributed by atoms with Gasteiger partial charge in [-0.15, -0.1) is 6.42 Å². The lowest BCUT2D eigenvalue weighted by Crippen LogP contribution is -2.39. The van der Waals surface area contributed by atoms with E-state index in [9.17, 15) is 9.59 Å². The predicted molar refractivity (Wildman–Crippen MR) is 136 cm³/mol. The zero-order valence-electron chi connectivity index (χ0n) is 19.1. The number of nitrogens with one attached hydrogen (secondary N) is 3. The van der Waals surface area contributed by atoms with Crippen LogP contribution in [0.3, 0.4) is 0 Å². The number of terminal acetylenes is 1. The number of urea groups is 1. The van der Waals surface area contributed by atoms with Crippen LogP contribution in [-0.4, -0.2) is 28.0 Å². The Balaban J connectivity index is 1.30. The minimum Gasteiger partial charge on any atom is -0.334 e. The molecule has 1 heterocycles. The quantitative estimate of drug-likeness (QED) is 0.345. The molecule has 3 N–H and O–H groups in total. The Kier molecular flexibility index (Phi) is 7.56. The molecule has 35 heavy (non-hydrogen) atoms. The summed E-state index contributed by atoms with van der Waals surface area (Å²) in [6.07, 6.45) is 10.9. The highest BCUT2D eigenvalue weighted by Gasteiger charge is 2.09. The maximum atomic E-state index is 12.3. The molecule has 3 amide bonds. The molecule has 4 aromatic rings. The first-order chi connectivity index (χ1) is 17.1. The molecule has 174 valence electrons. The van der Waals surface area contributed by atoms with Crippen LogP contribution in [0.2, 0.25) is 0 Å². The highest BCUT2D eigenvalue weighted by Crippen LogP contribution is 2.24. The summed E-state index contributed by atoms with van der Waals surface area (Å²) in [6.45, 7) is 0.920. The van der Waals surface area contributed by atoms with E-state index >= 15 is 0 Å². The van der Waals surface area contributed by atoms with Crippen molar-refractivity contribution in [3.63, 3.8) is 0 Å². The lowest BCUT2D eigenvalue weighted by Gasteiger charge is -2.13. The molecule has 0 fully saturated rings. The Morgan fingerprint density at radius 1 is 0.971 bits per heavy atom. The second-order valence-corrected chi connectivity index (χ2v) is 7.90. The highest BCUT2D eigenvalue weighted by molar-refractivity contribution is 5.94. The number of nitrogens with zero attached hydrogens (tertiary/aromatic N) is 2. The van der Waals surface area contributed by atoms with Crippen LogP contribution in [0.25, 0.3) is 11.1 Å². The van der Waals surface area contributed by atoms with Gasteiger partial charge in [0.05, 0.1) is 12.9 Å². The topological polar surface area (TPSA) is 88.0 Å². The van der Waals surface area contributed by atoms with Crippen LogP contribution in [0.1, 0.15) is 16.7 Å². The molecule has 0 saturated heterocycles. The van der Waals surface area contributed by atoms with Crippen molar-refractivity contribution in [2.75, 3.05) is 11.9 Å². The van der Waals surface area contributed by atoms with E-state index in [2.05, 4.69) is 51.1 Å². The van der Waals surface area contributed by atoms with Crippen molar-refractivity contribution in [1.29, 1.82) is 0 Å². The van der Waals surface area contributed by atoms with Crippen molar-refractivity contribution in [1.82, 2.24) is 20.2 Å². The number of hydrogen-bond donors (Lipinski definition) is 3. The van der Waals surface area contributed by atoms with E-state index in [1.807, 2.05) is 35.0 Å². The van der Waals surface area contributed by atoms with Gasteiger partial charge in [0.1, 0.15) is 0 Å². The number of carbonyl (C=O) groups excluding carboxylic acids is 2. The first-order valence-electron chi connectivity index (χ1n) is 11.1. The summed E-state index contributed by atoms with van der Waals surface area (Å²) in [4.78, 5) is 28.5. The third-order valence-corrected chi connectivity index (χ3v) is 5.37. The molecule has 0 unspecified atom stereocenters. The van der Waals surface area contributed by atoms with Crippen LogP contribution in [0.5, 0.6) is 0 Å². The normalized spacial score (nSPS) is 10.3. The first kappa shape index (κ1) is 23.3. The van der Waals surface area contributed by atoms with Gasteiger partial charge in [-0.1, -0.05) is 60.5 Å². The second-order valence-electron chi connectivity index (χ2n) is 7.90. The number of carbonyl (C=O) groups is 2. The van der Waals surface area contributed by atoms with Crippen molar-refractivity contribution in [3.05, 3.63) is 108 Å². The SMILES string of the molecule is C#Cc1cccc(NC(=O)CNC(=O)NCc2ccccc2-c2ccc(Cn3ccnc3)cc2)c1. The molecule has 0 aliphatic rings. The maximum Gasteiger partial charge on any atom is 0.315 e. The fourth-order valence-corrected chi connectivity index (χ4v) is 3.63. The number of anilines is 1. The Morgan fingerprint density at radius 2 is 1.80 bits per heavy atom. The van der Waals surface area contributed by atoms with E-state index in [0.29, 0.717) is 17.8 Å². The summed E-state index contributed by atoms with van der Waals surface area (Å²) >= 11 is 0. The minimum atomic E-state index is -0.428. The van der Waals surface area contributed by atoms with Crippen LogP contribution in [-0.2, 0) is 17.9 Å². The van der Waals surface area contributed by atoms with E-state index in [0.717, 1.165) is 23.2 Å². The van der Waals surface area contributed by atoms with Gasteiger partial charge in [-0.3, -0.25) is 4.79 Å². The molecule has 1 aromatic heterocycles. The molecule has 0 aliphatic carbocycles. The van der Waals surface area contributed by atoms with Crippen molar-refractivity contribution < 1.29 is 9.59 Å². The number of rotatable bonds is 8. The van der Waals surface area contributed by atoms with Crippen molar-refractivity contribution in [2.24, 2.45) is 0 Å². The molecular formula is C28H25N5O2. The smallest absolute Gasteiger partial charge is 0.315 e. The van der Waals surface area contributed by atoms with Crippen LogP contribution in [0, 0.1) is 12.3 Å². The minimum absolute atomic E-state index is 0.161. The fraction of sp³-hybridized carbons (Fsp3) is 0.107. The molecule has 7 nitrogen and oxygen atoms in total. The molecule has 0 aliphatic heterocycles. The number of amides is 3. The third-order valence-electron chi connectivity index (χ3n) is 5.37. The first-order valence-corrected chi connectivity index (χ1v) is 11.1. The van der Waals surface area contributed by atoms with E-state index in [1.54, 1.807) is 36.8 Å². The van der Waals surface area contributed by atoms with Gasteiger partial charge in [0.25, 0.3) is 0 Å². The average molecular weight is 464 g/mol. The van der Waals surface area contributed by atoms with E-state index in [4.69, 9.17) is 6.42 Å². The van der Waals surface area contributed by atoms with E-state index in [-0.39, 0.29) is 12.5 Å². The van der Waals surface area contributed by atoms with Gasteiger partial charge in [0.2, 0.25) is 5.91 Å². The van der Waals surface area contributed by atoms with E-state index in [1.165, 1.54) is 5.56 Å². The standard InChI is InChI=1S/C28H25N5O2/c1-2-21-6-5-8-25(16-21)32-27(34)18-31-28(35)30-17-24-7-3-4-9-26(24)23-12-10-22(11-13-23)19-33-15-14-29-20-33/h1,3-16,20H,17-19H2,(H,32,34)(H2,30,31,35). The zero-order chi connectivity index (χ0) is 24.5. The Hall–Kier alpha value is -4.83. The van der Waals surface area contributed by atoms with Gasteiger partial charge >= 0.3 is 6.03 Å². The lowest BCUT2D eigenvalue weighted by atomic mass is 9.98. The number of imidazole rings is 1. The van der Waals surface area contributed by atoms with Gasteiger partial charge in [-0.25, -0.2) is 9.78 Å². The summed E-state index contributed by atoms with van der Waals surface area (Å²) in [5.41, 5.74) is 5.49. The maximum absolute atomic E-state index is 12.3. The largest absolute Gasteiger partial charge is 0.334 e. The monoisotopic (exact) mass is 463 g/mol. The Bertz CT molecular complexity index is 1340. The summed E-state index contributed by atoms with van der Waals surface area (Å²) in [7, 11) is 0. The van der Waals surface area contributed by atoms with Crippen LogP contribution >= 0.6 is 0 Å². The predicted octanol–water partition coefficient (Wildman–Crippen LogP) is 4.02.